The van der Waals surface area contributed by atoms with Crippen molar-refractivity contribution in [1.29, 1.82) is 0 Å². The predicted octanol–water partition coefficient (Wildman–Crippen LogP) is 3.14. The van der Waals surface area contributed by atoms with Crippen LogP contribution in [0.25, 0.3) is 0 Å². The summed E-state index contributed by atoms with van der Waals surface area (Å²) in [6, 6.07) is 2.63. The van der Waals surface area contributed by atoms with E-state index in [0.717, 1.165) is 18.9 Å². The van der Waals surface area contributed by atoms with Gasteiger partial charge in [-0.1, -0.05) is 18.9 Å². The minimum absolute atomic E-state index is 0.186. The summed E-state index contributed by atoms with van der Waals surface area (Å²) in [4.78, 5) is 0. The Kier molecular flexibility index (Phi) is 3.49. The van der Waals surface area contributed by atoms with Gasteiger partial charge in [0.05, 0.1) is 0 Å². The standard InChI is InChI=1S/C12H14F3N/c13-10-6-5-8(11(14)12(10)15)7-16-9-3-1-2-4-9/h5-6,9,16H,1-4,7H2. The molecule has 0 amide bonds. The monoisotopic (exact) mass is 229 g/mol. The lowest BCUT2D eigenvalue weighted by Crippen LogP contribution is -2.25. The molecule has 1 aromatic rings. The van der Waals surface area contributed by atoms with Gasteiger partial charge in [-0.15, -0.1) is 0 Å². The van der Waals surface area contributed by atoms with E-state index in [1.165, 1.54) is 18.9 Å². The van der Waals surface area contributed by atoms with Crippen molar-refractivity contribution < 1.29 is 13.2 Å². The first-order valence-electron chi connectivity index (χ1n) is 5.54. The second-order valence-electron chi connectivity index (χ2n) is 4.20. The summed E-state index contributed by atoms with van der Waals surface area (Å²) >= 11 is 0. The molecule has 0 heterocycles. The van der Waals surface area contributed by atoms with Gasteiger partial charge in [0.25, 0.3) is 0 Å². The van der Waals surface area contributed by atoms with Crippen LogP contribution >= 0.6 is 0 Å². The van der Waals surface area contributed by atoms with Gasteiger partial charge in [0.15, 0.2) is 17.5 Å². The van der Waals surface area contributed by atoms with Crippen LogP contribution in [0.3, 0.4) is 0 Å². The van der Waals surface area contributed by atoms with E-state index in [4.69, 9.17) is 0 Å². The zero-order valence-electron chi connectivity index (χ0n) is 8.90. The van der Waals surface area contributed by atoms with E-state index in [0.29, 0.717) is 6.04 Å². The van der Waals surface area contributed by atoms with Gasteiger partial charge in [-0.2, -0.15) is 0 Å². The molecule has 0 radical (unpaired) electrons. The smallest absolute Gasteiger partial charge is 0.194 e. The third kappa shape index (κ3) is 2.38. The second-order valence-corrected chi connectivity index (χ2v) is 4.20. The highest BCUT2D eigenvalue weighted by Crippen LogP contribution is 2.19. The molecule has 4 heteroatoms. The van der Waals surface area contributed by atoms with Crippen molar-refractivity contribution in [3.8, 4) is 0 Å². The van der Waals surface area contributed by atoms with E-state index in [1.54, 1.807) is 0 Å². The van der Waals surface area contributed by atoms with E-state index >= 15 is 0 Å². The average molecular weight is 229 g/mol. The lowest BCUT2D eigenvalue weighted by atomic mass is 10.1. The van der Waals surface area contributed by atoms with E-state index in [-0.39, 0.29) is 12.1 Å². The largest absolute Gasteiger partial charge is 0.310 e. The Morgan fingerprint density at radius 1 is 1.06 bits per heavy atom. The highest BCUT2D eigenvalue weighted by Gasteiger charge is 2.17. The third-order valence-corrected chi connectivity index (χ3v) is 3.05. The van der Waals surface area contributed by atoms with Gasteiger partial charge in [0, 0.05) is 18.2 Å². The Morgan fingerprint density at radius 3 is 2.44 bits per heavy atom. The van der Waals surface area contributed by atoms with Crippen LogP contribution in [-0.2, 0) is 6.54 Å². The summed E-state index contributed by atoms with van der Waals surface area (Å²) in [7, 11) is 0. The number of halogens is 3. The highest BCUT2D eigenvalue weighted by molar-refractivity contribution is 5.20. The molecule has 88 valence electrons. The van der Waals surface area contributed by atoms with Gasteiger partial charge in [-0.25, -0.2) is 13.2 Å². The zero-order chi connectivity index (χ0) is 11.5. The van der Waals surface area contributed by atoms with E-state index in [9.17, 15) is 13.2 Å². The summed E-state index contributed by atoms with van der Waals surface area (Å²) < 4.78 is 38.9. The van der Waals surface area contributed by atoms with Gasteiger partial charge >= 0.3 is 0 Å². The van der Waals surface area contributed by atoms with Crippen molar-refractivity contribution in [2.24, 2.45) is 0 Å². The zero-order valence-corrected chi connectivity index (χ0v) is 8.90. The second kappa shape index (κ2) is 4.87. The van der Waals surface area contributed by atoms with E-state index in [1.807, 2.05) is 0 Å². The Balaban J connectivity index is 2.01. The molecule has 1 fully saturated rings. The van der Waals surface area contributed by atoms with E-state index in [2.05, 4.69) is 5.32 Å². The van der Waals surface area contributed by atoms with Crippen molar-refractivity contribution in [3.05, 3.63) is 35.1 Å². The van der Waals surface area contributed by atoms with Crippen LogP contribution in [-0.4, -0.2) is 6.04 Å². The SMILES string of the molecule is Fc1ccc(CNC2CCCC2)c(F)c1F. The molecule has 16 heavy (non-hydrogen) atoms. The molecule has 0 saturated heterocycles. The van der Waals surface area contributed by atoms with Crippen LogP contribution in [0.4, 0.5) is 13.2 Å². The van der Waals surface area contributed by atoms with Gasteiger partial charge in [-0.05, 0) is 18.9 Å². The predicted molar refractivity (Wildman–Crippen MR) is 55.4 cm³/mol. The molecule has 0 aliphatic heterocycles. The molecule has 0 unspecified atom stereocenters. The Morgan fingerprint density at radius 2 is 1.75 bits per heavy atom. The molecule has 1 nitrogen and oxygen atoms in total. The molecular weight excluding hydrogens is 215 g/mol. The van der Waals surface area contributed by atoms with Gasteiger partial charge in [0.1, 0.15) is 0 Å². The van der Waals surface area contributed by atoms with Crippen molar-refractivity contribution in [1.82, 2.24) is 5.32 Å². The molecule has 1 aliphatic carbocycles. The van der Waals surface area contributed by atoms with Crippen LogP contribution in [0.1, 0.15) is 31.2 Å². The molecule has 1 aliphatic rings. The lowest BCUT2D eigenvalue weighted by Gasteiger charge is -2.12. The first-order valence-corrected chi connectivity index (χ1v) is 5.54. The molecule has 0 atom stereocenters. The van der Waals surface area contributed by atoms with Crippen LogP contribution < -0.4 is 5.32 Å². The molecule has 1 saturated carbocycles. The highest BCUT2D eigenvalue weighted by atomic mass is 19.2. The molecule has 1 N–H and O–H groups in total. The molecular formula is C12H14F3N. The number of nitrogens with one attached hydrogen (secondary N) is 1. The maximum atomic E-state index is 13.3. The van der Waals surface area contributed by atoms with Crippen molar-refractivity contribution in [3.63, 3.8) is 0 Å². The van der Waals surface area contributed by atoms with Crippen LogP contribution in [0, 0.1) is 17.5 Å². The Hall–Kier alpha value is -1.03. The minimum atomic E-state index is -1.38. The number of rotatable bonds is 3. The van der Waals surface area contributed by atoms with Crippen LogP contribution in [0.2, 0.25) is 0 Å². The summed E-state index contributed by atoms with van der Waals surface area (Å²) in [6.07, 6.45) is 4.51. The first kappa shape index (κ1) is 11.5. The molecule has 0 spiro atoms. The van der Waals surface area contributed by atoms with Crippen LogP contribution in [0.5, 0.6) is 0 Å². The summed E-state index contributed by atoms with van der Waals surface area (Å²) in [5.74, 6) is -3.60. The van der Waals surface area contributed by atoms with E-state index < -0.39 is 17.5 Å². The normalized spacial score (nSPS) is 16.9. The fourth-order valence-electron chi connectivity index (χ4n) is 2.09. The topological polar surface area (TPSA) is 12.0 Å². The molecule has 0 aromatic heterocycles. The molecule has 2 rings (SSSR count). The molecule has 1 aromatic carbocycles. The van der Waals surface area contributed by atoms with Crippen LogP contribution in [0.15, 0.2) is 12.1 Å². The Bertz CT molecular complexity index is 373. The fourth-order valence-corrected chi connectivity index (χ4v) is 2.09. The summed E-state index contributed by atoms with van der Waals surface area (Å²) in [6.45, 7) is 0.258. The van der Waals surface area contributed by atoms with Gasteiger partial charge in [-0.3, -0.25) is 0 Å². The first-order chi connectivity index (χ1) is 7.68. The Labute approximate surface area is 92.7 Å². The van der Waals surface area contributed by atoms with Crippen molar-refractivity contribution in [2.75, 3.05) is 0 Å². The maximum absolute atomic E-state index is 13.3. The van der Waals surface area contributed by atoms with Crippen molar-refractivity contribution >= 4 is 0 Å². The number of hydrogen-bond acceptors (Lipinski definition) is 1. The molecule has 0 bridgehead atoms. The van der Waals surface area contributed by atoms with Gasteiger partial charge in [0.2, 0.25) is 0 Å². The third-order valence-electron chi connectivity index (χ3n) is 3.05. The number of benzene rings is 1. The van der Waals surface area contributed by atoms with Gasteiger partial charge < -0.3 is 5.32 Å². The fraction of sp³-hybridized carbons (Fsp3) is 0.500. The summed E-state index contributed by atoms with van der Waals surface area (Å²) in [5, 5.41) is 3.16. The quantitative estimate of drug-likeness (QED) is 0.785. The maximum Gasteiger partial charge on any atom is 0.194 e. The van der Waals surface area contributed by atoms with Crippen molar-refractivity contribution in [2.45, 2.75) is 38.3 Å². The average Bonchev–Trinajstić information content (AvgIpc) is 2.78. The number of hydrogen-bond donors (Lipinski definition) is 1. The minimum Gasteiger partial charge on any atom is -0.310 e. The summed E-state index contributed by atoms with van der Waals surface area (Å²) in [5.41, 5.74) is 0.186. The lowest BCUT2D eigenvalue weighted by molar-refractivity contribution is 0.433.